The van der Waals surface area contributed by atoms with Gasteiger partial charge >= 0.3 is 0 Å². The molecule has 2 aliphatic rings. The van der Waals surface area contributed by atoms with E-state index in [1.165, 1.54) is 0 Å². The predicted molar refractivity (Wildman–Crippen MR) is 93.8 cm³/mol. The van der Waals surface area contributed by atoms with Gasteiger partial charge in [-0.3, -0.25) is 4.79 Å². The number of para-hydroxylation sites is 1. The van der Waals surface area contributed by atoms with Crippen LogP contribution in [0.1, 0.15) is 57.6 Å². The number of nitrogens with two attached hydrogens (primary N) is 1. The molecular weight excluding hydrogens is 312 g/mol. The summed E-state index contributed by atoms with van der Waals surface area (Å²) >= 11 is 0. The van der Waals surface area contributed by atoms with E-state index in [2.05, 4.69) is 19.2 Å². The van der Waals surface area contributed by atoms with Crippen LogP contribution in [0.15, 0.2) is 24.3 Å². The molecule has 3 unspecified atom stereocenters. The Bertz CT molecular complexity index is 562. The van der Waals surface area contributed by atoms with Gasteiger partial charge in [0, 0.05) is 23.9 Å². The van der Waals surface area contributed by atoms with Crippen LogP contribution in [0, 0.1) is 5.92 Å². The minimum atomic E-state index is -0.269. The third kappa shape index (κ3) is 4.18. The van der Waals surface area contributed by atoms with Crippen molar-refractivity contribution in [3.05, 3.63) is 29.8 Å². The second kappa shape index (κ2) is 7.10. The summed E-state index contributed by atoms with van der Waals surface area (Å²) in [6.07, 6.45) is 4.63. The van der Waals surface area contributed by atoms with Gasteiger partial charge in [0.05, 0.1) is 6.04 Å². The van der Waals surface area contributed by atoms with Crippen LogP contribution in [0.3, 0.4) is 0 Å². The van der Waals surface area contributed by atoms with E-state index in [1.807, 2.05) is 24.3 Å². The smallest absolute Gasteiger partial charge is 0.223 e. The summed E-state index contributed by atoms with van der Waals surface area (Å²) in [5, 5.41) is 3.25. The van der Waals surface area contributed by atoms with E-state index in [1.54, 1.807) is 0 Å². The van der Waals surface area contributed by atoms with Gasteiger partial charge in [-0.15, -0.1) is 12.4 Å². The van der Waals surface area contributed by atoms with E-state index >= 15 is 0 Å². The zero-order chi connectivity index (χ0) is 15.7. The minimum absolute atomic E-state index is 0. The van der Waals surface area contributed by atoms with Crippen molar-refractivity contribution in [1.29, 1.82) is 0 Å². The number of nitrogens with one attached hydrogen (secondary N) is 1. The lowest BCUT2D eigenvalue weighted by Gasteiger charge is -2.38. The van der Waals surface area contributed by atoms with E-state index in [4.69, 9.17) is 10.5 Å². The Labute approximate surface area is 144 Å². The highest BCUT2D eigenvalue weighted by Crippen LogP contribution is 2.39. The zero-order valence-corrected chi connectivity index (χ0v) is 14.7. The molecule has 3 rings (SSSR count). The van der Waals surface area contributed by atoms with Crippen LogP contribution in [0.4, 0.5) is 0 Å². The van der Waals surface area contributed by atoms with Gasteiger partial charge in [0.1, 0.15) is 11.4 Å². The largest absolute Gasteiger partial charge is 0.487 e. The molecule has 4 nitrogen and oxygen atoms in total. The zero-order valence-electron chi connectivity index (χ0n) is 13.9. The summed E-state index contributed by atoms with van der Waals surface area (Å²) in [7, 11) is 0. The molecule has 0 bridgehead atoms. The Morgan fingerprint density at radius 2 is 2.04 bits per heavy atom. The van der Waals surface area contributed by atoms with E-state index in [0.717, 1.165) is 43.4 Å². The number of rotatable bonds is 2. The van der Waals surface area contributed by atoms with Gasteiger partial charge < -0.3 is 15.8 Å². The third-order valence-corrected chi connectivity index (χ3v) is 4.78. The molecule has 1 aromatic rings. The SMILES string of the molecule is CC1(C)CC(NC(=O)C2CCCC(N)C2)c2ccccc2O1.Cl. The average molecular weight is 339 g/mol. The van der Waals surface area contributed by atoms with Crippen LogP contribution in [0.5, 0.6) is 5.75 Å². The van der Waals surface area contributed by atoms with Gasteiger partial charge in [0.2, 0.25) is 5.91 Å². The van der Waals surface area contributed by atoms with Crippen LogP contribution in [-0.2, 0) is 4.79 Å². The molecule has 1 fully saturated rings. The second-order valence-electron chi connectivity index (χ2n) is 7.29. The Kier molecular flexibility index (Phi) is 5.58. The summed E-state index contributed by atoms with van der Waals surface area (Å²) in [6.45, 7) is 4.14. The standard InChI is InChI=1S/C18H26N2O2.ClH/c1-18(2)11-15(14-8-3-4-9-16(14)22-18)20-17(21)12-6-5-7-13(19)10-12;/h3-4,8-9,12-13,15H,5-7,10-11,19H2,1-2H3,(H,20,21);1H. The van der Waals surface area contributed by atoms with Crippen molar-refractivity contribution < 1.29 is 9.53 Å². The first kappa shape index (κ1) is 18.1. The first-order chi connectivity index (χ1) is 10.4. The molecular formula is C18H27ClN2O2. The van der Waals surface area contributed by atoms with Gasteiger partial charge in [0.25, 0.3) is 0 Å². The maximum Gasteiger partial charge on any atom is 0.223 e. The first-order valence-electron chi connectivity index (χ1n) is 8.28. The highest BCUT2D eigenvalue weighted by atomic mass is 35.5. The Balaban J connectivity index is 0.00000192. The number of halogens is 1. The lowest BCUT2D eigenvalue weighted by molar-refractivity contribution is -0.127. The van der Waals surface area contributed by atoms with Crippen molar-refractivity contribution in [3.8, 4) is 5.75 Å². The lowest BCUT2D eigenvalue weighted by atomic mass is 9.84. The van der Waals surface area contributed by atoms with Crippen LogP contribution < -0.4 is 15.8 Å². The molecule has 1 heterocycles. The molecule has 0 saturated heterocycles. The summed E-state index contributed by atoms with van der Waals surface area (Å²) in [4.78, 5) is 12.6. The summed E-state index contributed by atoms with van der Waals surface area (Å²) < 4.78 is 6.02. The maximum atomic E-state index is 12.6. The van der Waals surface area contributed by atoms with Crippen molar-refractivity contribution in [2.45, 2.75) is 63.6 Å². The highest BCUT2D eigenvalue weighted by Gasteiger charge is 2.35. The van der Waals surface area contributed by atoms with Crippen LogP contribution in [0.2, 0.25) is 0 Å². The van der Waals surface area contributed by atoms with Gasteiger partial charge in [-0.2, -0.15) is 0 Å². The highest BCUT2D eigenvalue weighted by molar-refractivity contribution is 5.85. The number of hydrogen-bond acceptors (Lipinski definition) is 3. The molecule has 1 amide bonds. The number of carbonyl (C=O) groups excluding carboxylic acids is 1. The van der Waals surface area contributed by atoms with Crippen molar-refractivity contribution in [2.75, 3.05) is 0 Å². The summed E-state index contributed by atoms with van der Waals surface area (Å²) in [5.41, 5.74) is 6.83. The van der Waals surface area contributed by atoms with Crippen molar-refractivity contribution in [2.24, 2.45) is 11.7 Å². The summed E-state index contributed by atoms with van der Waals surface area (Å²) in [6, 6.07) is 8.18. The fraction of sp³-hybridized carbons (Fsp3) is 0.611. The maximum absolute atomic E-state index is 12.6. The lowest BCUT2D eigenvalue weighted by Crippen LogP contribution is -2.44. The molecule has 1 aliphatic carbocycles. The van der Waals surface area contributed by atoms with Gasteiger partial charge in [0.15, 0.2) is 0 Å². The molecule has 3 atom stereocenters. The number of hydrogen-bond donors (Lipinski definition) is 2. The van der Waals surface area contributed by atoms with Crippen molar-refractivity contribution in [1.82, 2.24) is 5.32 Å². The first-order valence-corrected chi connectivity index (χ1v) is 8.28. The number of carbonyl (C=O) groups is 1. The van der Waals surface area contributed by atoms with E-state index in [-0.39, 0.29) is 41.9 Å². The van der Waals surface area contributed by atoms with E-state index in [9.17, 15) is 4.79 Å². The molecule has 5 heteroatoms. The third-order valence-electron chi connectivity index (χ3n) is 4.78. The van der Waals surface area contributed by atoms with Crippen LogP contribution in [-0.4, -0.2) is 17.6 Å². The number of benzene rings is 1. The molecule has 1 aliphatic heterocycles. The Hall–Kier alpha value is -1.26. The molecule has 1 saturated carbocycles. The molecule has 23 heavy (non-hydrogen) atoms. The molecule has 1 aromatic carbocycles. The van der Waals surface area contributed by atoms with Gasteiger partial charge in [-0.1, -0.05) is 24.6 Å². The van der Waals surface area contributed by atoms with E-state index < -0.39 is 0 Å². The fourth-order valence-electron chi connectivity index (χ4n) is 3.69. The van der Waals surface area contributed by atoms with Crippen LogP contribution in [0.25, 0.3) is 0 Å². The van der Waals surface area contributed by atoms with Gasteiger partial charge in [-0.25, -0.2) is 0 Å². The van der Waals surface area contributed by atoms with Crippen LogP contribution >= 0.6 is 12.4 Å². The molecule has 0 radical (unpaired) electrons. The quantitative estimate of drug-likeness (QED) is 0.869. The molecule has 0 aromatic heterocycles. The van der Waals surface area contributed by atoms with Gasteiger partial charge in [-0.05, 0) is 39.2 Å². The Morgan fingerprint density at radius 1 is 1.30 bits per heavy atom. The topological polar surface area (TPSA) is 64.4 Å². The van der Waals surface area contributed by atoms with E-state index in [0.29, 0.717) is 0 Å². The molecule has 0 spiro atoms. The minimum Gasteiger partial charge on any atom is -0.487 e. The Morgan fingerprint density at radius 3 is 2.78 bits per heavy atom. The monoisotopic (exact) mass is 338 g/mol. The fourth-order valence-corrected chi connectivity index (χ4v) is 3.69. The molecule has 128 valence electrons. The van der Waals surface area contributed by atoms with Crippen molar-refractivity contribution >= 4 is 18.3 Å². The number of amides is 1. The second-order valence-corrected chi connectivity index (χ2v) is 7.29. The number of ether oxygens (including phenoxy) is 1. The normalized spacial score (nSPS) is 28.7. The van der Waals surface area contributed by atoms with Crippen molar-refractivity contribution in [3.63, 3.8) is 0 Å². The number of fused-ring (bicyclic) bond motifs is 1. The summed E-state index contributed by atoms with van der Waals surface area (Å²) in [5.74, 6) is 1.08. The predicted octanol–water partition coefficient (Wildman–Crippen LogP) is 3.34. The molecule has 3 N–H and O–H groups in total. The average Bonchev–Trinajstić information content (AvgIpc) is 2.46.